The molecule has 0 radical (unpaired) electrons. The van der Waals surface area contributed by atoms with E-state index in [1.807, 2.05) is 0 Å². The van der Waals surface area contributed by atoms with Gasteiger partial charge in [0.05, 0.1) is 0 Å². The van der Waals surface area contributed by atoms with Crippen LogP contribution < -0.4 is 0 Å². The Bertz CT molecular complexity index is 807. The van der Waals surface area contributed by atoms with Gasteiger partial charge in [0.15, 0.2) is 0 Å². The zero-order valence-corrected chi connectivity index (χ0v) is 21.6. The van der Waals surface area contributed by atoms with Gasteiger partial charge in [-0.3, -0.25) is 4.79 Å². The molecule has 0 unspecified atom stereocenters. The zero-order valence-electron chi connectivity index (χ0n) is 21.6. The first-order valence-corrected chi connectivity index (χ1v) is 13.5. The van der Waals surface area contributed by atoms with Crippen LogP contribution in [0.4, 0.5) is 0 Å². The lowest BCUT2D eigenvalue weighted by atomic mass is 9.32. The monoisotopic (exact) mass is 424 g/mol. The highest BCUT2D eigenvalue weighted by molar-refractivity contribution is 5.85. The SMILES string of the molecule is C=C(C)[C@H]1CC[C@]2(C)CC[C@]3(C)[C@@H](CC[C@H]4[C@@]5(C)CCC(=O)C(C)(C)[C@H]5CC[C@]43C)[C@H]12. The lowest BCUT2D eigenvalue weighted by Gasteiger charge is -2.72. The summed E-state index contributed by atoms with van der Waals surface area (Å²) in [6.07, 6.45) is 13.0. The molecule has 5 aliphatic rings. The van der Waals surface area contributed by atoms with Gasteiger partial charge in [-0.2, -0.15) is 0 Å². The lowest BCUT2D eigenvalue weighted by molar-refractivity contribution is -0.232. The molecule has 0 bridgehead atoms. The largest absolute Gasteiger partial charge is 0.299 e. The molecule has 0 heterocycles. The van der Waals surface area contributed by atoms with Gasteiger partial charge in [0, 0.05) is 11.8 Å². The Labute approximate surface area is 192 Å². The van der Waals surface area contributed by atoms with Crippen molar-refractivity contribution in [2.24, 2.45) is 56.7 Å². The number of carbonyl (C=O) groups excluding carboxylic acids is 1. The van der Waals surface area contributed by atoms with Gasteiger partial charge in [-0.25, -0.2) is 0 Å². The third kappa shape index (κ3) is 2.59. The number of allylic oxidation sites excluding steroid dienone is 1. The third-order valence-electron chi connectivity index (χ3n) is 13.2. The molecular weight excluding hydrogens is 376 g/mol. The number of hydrogen-bond acceptors (Lipinski definition) is 1. The van der Waals surface area contributed by atoms with Crippen molar-refractivity contribution in [1.82, 2.24) is 0 Å². The van der Waals surface area contributed by atoms with Crippen LogP contribution in [0.2, 0.25) is 0 Å². The smallest absolute Gasteiger partial charge is 0.138 e. The number of hydrogen-bond donors (Lipinski definition) is 0. The Hall–Kier alpha value is -0.590. The Kier molecular flexibility index (Phi) is 4.66. The predicted octanol–water partition coefficient (Wildman–Crippen LogP) is 8.23. The van der Waals surface area contributed by atoms with Crippen LogP contribution in [0, 0.1) is 56.7 Å². The summed E-state index contributed by atoms with van der Waals surface area (Å²) >= 11 is 0. The van der Waals surface area contributed by atoms with E-state index in [-0.39, 0.29) is 5.41 Å². The summed E-state index contributed by atoms with van der Waals surface area (Å²) in [7, 11) is 0. The summed E-state index contributed by atoms with van der Waals surface area (Å²) in [4.78, 5) is 12.9. The molecular formula is C30H48O. The van der Waals surface area contributed by atoms with Crippen LogP contribution in [0.5, 0.6) is 0 Å². The zero-order chi connectivity index (χ0) is 22.6. The highest BCUT2D eigenvalue weighted by Crippen LogP contribution is 2.77. The fourth-order valence-corrected chi connectivity index (χ4v) is 11.3. The Morgan fingerprint density at radius 2 is 1.52 bits per heavy atom. The number of rotatable bonds is 1. The third-order valence-corrected chi connectivity index (χ3v) is 13.2. The molecule has 0 aliphatic heterocycles. The number of carbonyl (C=O) groups is 1. The molecule has 9 atom stereocenters. The van der Waals surface area contributed by atoms with Gasteiger partial charge in [0.1, 0.15) is 5.78 Å². The molecule has 174 valence electrons. The molecule has 5 rings (SSSR count). The van der Waals surface area contributed by atoms with Crippen LogP contribution >= 0.6 is 0 Å². The van der Waals surface area contributed by atoms with Crippen LogP contribution in [0.3, 0.4) is 0 Å². The number of fused-ring (bicyclic) bond motifs is 7. The van der Waals surface area contributed by atoms with E-state index < -0.39 is 0 Å². The molecule has 5 saturated carbocycles. The van der Waals surface area contributed by atoms with Gasteiger partial charge in [0.25, 0.3) is 0 Å². The maximum Gasteiger partial charge on any atom is 0.138 e. The summed E-state index contributed by atoms with van der Waals surface area (Å²) in [5.41, 5.74) is 3.06. The highest BCUT2D eigenvalue weighted by Gasteiger charge is 2.70. The van der Waals surface area contributed by atoms with Gasteiger partial charge in [-0.1, -0.05) is 53.7 Å². The van der Waals surface area contributed by atoms with Crippen LogP contribution in [0.15, 0.2) is 12.2 Å². The van der Waals surface area contributed by atoms with Gasteiger partial charge in [0.2, 0.25) is 0 Å². The molecule has 0 aromatic rings. The minimum absolute atomic E-state index is 0.131. The standard InChI is InChI=1S/C30H48O/c1-19(2)20-11-14-27(5)17-18-29(7)21(25(20)27)9-10-23-28(6)15-13-24(31)26(3,4)22(28)12-16-30(23,29)8/h20-23,25H,1,9-18H2,2-8H3/t20-,21+,22-,23+,25+,27-,28+,29-,30-/m1/s1. The van der Waals surface area contributed by atoms with Crippen molar-refractivity contribution in [1.29, 1.82) is 0 Å². The molecule has 0 N–H and O–H groups in total. The molecule has 1 nitrogen and oxygen atoms in total. The van der Waals surface area contributed by atoms with Gasteiger partial charge < -0.3 is 0 Å². The second kappa shape index (κ2) is 6.50. The molecule has 0 saturated heterocycles. The normalized spacial score (nSPS) is 55.6. The van der Waals surface area contributed by atoms with Gasteiger partial charge >= 0.3 is 0 Å². The lowest BCUT2D eigenvalue weighted by Crippen LogP contribution is -2.66. The van der Waals surface area contributed by atoms with E-state index in [1.165, 1.54) is 56.9 Å². The molecule has 0 aromatic heterocycles. The summed E-state index contributed by atoms with van der Waals surface area (Å²) in [5, 5.41) is 0. The fourth-order valence-electron chi connectivity index (χ4n) is 11.3. The number of Topliss-reactive ketones (excluding diaryl/α,β-unsaturated/α-hetero) is 1. The fraction of sp³-hybridized carbons (Fsp3) is 0.900. The minimum atomic E-state index is -0.131. The van der Waals surface area contributed by atoms with E-state index in [4.69, 9.17) is 0 Å². The van der Waals surface area contributed by atoms with Crippen molar-refractivity contribution < 1.29 is 4.79 Å². The van der Waals surface area contributed by atoms with Crippen LogP contribution in [-0.4, -0.2) is 5.78 Å². The first-order valence-electron chi connectivity index (χ1n) is 13.5. The molecule has 0 amide bonds. The van der Waals surface area contributed by atoms with Gasteiger partial charge in [-0.15, -0.1) is 0 Å². The number of ketones is 1. The predicted molar refractivity (Wildman–Crippen MR) is 130 cm³/mol. The van der Waals surface area contributed by atoms with Crippen molar-refractivity contribution in [2.45, 2.75) is 113 Å². The second-order valence-corrected chi connectivity index (χ2v) is 14.5. The van der Waals surface area contributed by atoms with Crippen LogP contribution in [0.1, 0.15) is 113 Å². The van der Waals surface area contributed by atoms with Gasteiger partial charge in [-0.05, 0) is 116 Å². The van der Waals surface area contributed by atoms with Crippen LogP contribution in [-0.2, 0) is 4.79 Å². The Morgan fingerprint density at radius 1 is 0.806 bits per heavy atom. The summed E-state index contributed by atoms with van der Waals surface area (Å²) in [5.74, 6) is 4.33. The van der Waals surface area contributed by atoms with Crippen molar-refractivity contribution in [3.05, 3.63) is 12.2 Å². The highest BCUT2D eigenvalue weighted by atomic mass is 16.1. The van der Waals surface area contributed by atoms with E-state index in [9.17, 15) is 4.79 Å². The Morgan fingerprint density at radius 3 is 2.19 bits per heavy atom. The topological polar surface area (TPSA) is 17.1 Å². The first kappa shape index (κ1) is 22.2. The molecule has 31 heavy (non-hydrogen) atoms. The summed E-state index contributed by atoms with van der Waals surface area (Å²) < 4.78 is 0. The van der Waals surface area contributed by atoms with Crippen LogP contribution in [0.25, 0.3) is 0 Å². The van der Waals surface area contributed by atoms with Crippen molar-refractivity contribution in [3.63, 3.8) is 0 Å². The van der Waals surface area contributed by atoms with Crippen molar-refractivity contribution in [2.75, 3.05) is 0 Å². The molecule has 0 aromatic carbocycles. The van der Waals surface area contributed by atoms with E-state index in [0.717, 1.165) is 36.5 Å². The average molecular weight is 425 g/mol. The maximum atomic E-state index is 12.9. The molecule has 5 fully saturated rings. The second-order valence-electron chi connectivity index (χ2n) is 14.5. The summed E-state index contributed by atoms with van der Waals surface area (Å²) in [6, 6.07) is 0. The molecule has 0 spiro atoms. The molecule has 5 aliphatic carbocycles. The van der Waals surface area contributed by atoms with E-state index >= 15 is 0 Å². The maximum absolute atomic E-state index is 12.9. The van der Waals surface area contributed by atoms with E-state index in [0.29, 0.717) is 33.4 Å². The van der Waals surface area contributed by atoms with E-state index in [1.54, 1.807) is 0 Å². The average Bonchev–Trinajstić information content (AvgIpc) is 3.04. The minimum Gasteiger partial charge on any atom is -0.299 e. The molecule has 1 heteroatoms. The summed E-state index contributed by atoms with van der Waals surface area (Å²) in [6.45, 7) is 22.0. The first-order chi connectivity index (χ1) is 14.3. The Balaban J connectivity index is 1.55. The van der Waals surface area contributed by atoms with Crippen molar-refractivity contribution >= 4 is 5.78 Å². The van der Waals surface area contributed by atoms with E-state index in [2.05, 4.69) is 55.0 Å². The van der Waals surface area contributed by atoms with Crippen molar-refractivity contribution in [3.8, 4) is 0 Å². The quantitative estimate of drug-likeness (QED) is 0.387.